The normalized spacial score (nSPS) is 16.2. The van der Waals surface area contributed by atoms with Crippen LogP contribution in [0.4, 0.5) is 0 Å². The highest BCUT2D eigenvalue weighted by Gasteiger charge is 2.15. The Kier molecular flexibility index (Phi) is 1.92. The third-order valence-corrected chi connectivity index (χ3v) is 3.75. The summed E-state index contributed by atoms with van der Waals surface area (Å²) in [5.74, 6) is 0.613. The standard InChI is InChI=1S/C8H6OS2/c9-8-5-10-6-3-1-2-4-7(6)11-8/h1-4H,5H2. The van der Waals surface area contributed by atoms with E-state index in [-0.39, 0.29) is 5.12 Å². The second-order valence-corrected chi connectivity index (χ2v) is 4.33. The molecule has 0 saturated heterocycles. The van der Waals surface area contributed by atoms with Gasteiger partial charge < -0.3 is 0 Å². The highest BCUT2D eigenvalue weighted by molar-refractivity contribution is 8.17. The Bertz CT molecular complexity index is 296. The predicted molar refractivity (Wildman–Crippen MR) is 48.0 cm³/mol. The van der Waals surface area contributed by atoms with Crippen molar-refractivity contribution in [2.24, 2.45) is 0 Å². The first-order chi connectivity index (χ1) is 5.36. The van der Waals surface area contributed by atoms with Crippen LogP contribution in [-0.4, -0.2) is 10.9 Å². The Morgan fingerprint density at radius 1 is 1.18 bits per heavy atom. The van der Waals surface area contributed by atoms with Gasteiger partial charge in [0.1, 0.15) is 0 Å². The molecular weight excluding hydrogens is 176 g/mol. The Labute approximate surface area is 73.6 Å². The van der Waals surface area contributed by atoms with E-state index in [1.807, 2.05) is 18.2 Å². The molecular formula is C8H6OS2. The van der Waals surface area contributed by atoms with Gasteiger partial charge in [-0.05, 0) is 23.9 Å². The van der Waals surface area contributed by atoms with Gasteiger partial charge in [-0.15, -0.1) is 11.8 Å². The average Bonchev–Trinajstić information content (AvgIpc) is 2.04. The molecule has 1 aliphatic heterocycles. The smallest absolute Gasteiger partial charge is 0.203 e. The second-order valence-electron chi connectivity index (χ2n) is 2.21. The first-order valence-corrected chi connectivity index (χ1v) is 5.09. The summed E-state index contributed by atoms with van der Waals surface area (Å²) in [5, 5.41) is 0.258. The maximum Gasteiger partial charge on any atom is 0.203 e. The van der Waals surface area contributed by atoms with E-state index in [0.29, 0.717) is 5.75 Å². The monoisotopic (exact) mass is 182 g/mol. The number of thioether (sulfide) groups is 2. The molecule has 0 saturated carbocycles. The Hall–Kier alpha value is -0.410. The van der Waals surface area contributed by atoms with Crippen molar-refractivity contribution in [3.05, 3.63) is 24.3 Å². The Balaban J connectivity index is 2.41. The number of fused-ring (bicyclic) bond motifs is 1. The van der Waals surface area contributed by atoms with E-state index in [2.05, 4.69) is 6.07 Å². The van der Waals surface area contributed by atoms with Gasteiger partial charge in [-0.1, -0.05) is 12.1 Å². The molecule has 1 aromatic rings. The molecule has 0 bridgehead atoms. The van der Waals surface area contributed by atoms with Crippen molar-refractivity contribution >= 4 is 28.6 Å². The molecule has 0 radical (unpaired) electrons. The van der Waals surface area contributed by atoms with E-state index in [9.17, 15) is 4.79 Å². The van der Waals surface area contributed by atoms with Crippen LogP contribution in [0.3, 0.4) is 0 Å². The minimum atomic E-state index is 0.258. The van der Waals surface area contributed by atoms with E-state index >= 15 is 0 Å². The SMILES string of the molecule is O=C1CSc2ccccc2S1. The number of carbonyl (C=O) groups excluding carboxylic acids is 1. The fourth-order valence-electron chi connectivity index (χ4n) is 0.943. The van der Waals surface area contributed by atoms with Gasteiger partial charge in [0.05, 0.1) is 5.75 Å². The molecule has 0 spiro atoms. The van der Waals surface area contributed by atoms with Gasteiger partial charge in [0, 0.05) is 9.79 Å². The molecule has 0 aromatic heterocycles. The lowest BCUT2D eigenvalue weighted by Gasteiger charge is -2.11. The molecule has 56 valence electrons. The maximum absolute atomic E-state index is 11.0. The van der Waals surface area contributed by atoms with Crippen LogP contribution >= 0.6 is 23.5 Å². The van der Waals surface area contributed by atoms with Gasteiger partial charge in [-0.2, -0.15) is 0 Å². The van der Waals surface area contributed by atoms with E-state index in [1.54, 1.807) is 11.8 Å². The van der Waals surface area contributed by atoms with E-state index < -0.39 is 0 Å². The van der Waals surface area contributed by atoms with E-state index in [0.717, 1.165) is 4.90 Å². The van der Waals surface area contributed by atoms with Gasteiger partial charge in [-0.25, -0.2) is 0 Å². The van der Waals surface area contributed by atoms with E-state index in [4.69, 9.17) is 0 Å². The van der Waals surface area contributed by atoms with Crippen LogP contribution in [0, 0.1) is 0 Å². The minimum Gasteiger partial charge on any atom is -0.286 e. The molecule has 1 aromatic carbocycles. The van der Waals surface area contributed by atoms with Crippen LogP contribution in [0.5, 0.6) is 0 Å². The summed E-state index contributed by atoms with van der Waals surface area (Å²) < 4.78 is 0. The van der Waals surface area contributed by atoms with E-state index in [1.165, 1.54) is 16.7 Å². The van der Waals surface area contributed by atoms with Crippen LogP contribution in [0.15, 0.2) is 34.1 Å². The summed E-state index contributed by atoms with van der Waals surface area (Å²) in [6, 6.07) is 8.01. The largest absolute Gasteiger partial charge is 0.286 e. The van der Waals surface area contributed by atoms with Crippen LogP contribution in [0.1, 0.15) is 0 Å². The molecule has 0 aliphatic carbocycles. The van der Waals surface area contributed by atoms with Gasteiger partial charge in [0.15, 0.2) is 0 Å². The third-order valence-electron chi connectivity index (χ3n) is 1.42. The van der Waals surface area contributed by atoms with Crippen LogP contribution in [-0.2, 0) is 4.79 Å². The van der Waals surface area contributed by atoms with Gasteiger partial charge in [0.25, 0.3) is 0 Å². The molecule has 1 aliphatic rings. The maximum atomic E-state index is 11.0. The molecule has 0 atom stereocenters. The predicted octanol–water partition coefficient (Wildman–Crippen LogP) is 2.41. The molecule has 1 nitrogen and oxygen atoms in total. The highest BCUT2D eigenvalue weighted by Crippen LogP contribution is 2.36. The lowest BCUT2D eigenvalue weighted by atomic mass is 10.4. The van der Waals surface area contributed by atoms with Crippen LogP contribution in [0.2, 0.25) is 0 Å². The molecule has 0 unspecified atom stereocenters. The van der Waals surface area contributed by atoms with Gasteiger partial charge in [-0.3, -0.25) is 4.79 Å². The summed E-state index contributed by atoms with van der Waals surface area (Å²) in [6.45, 7) is 0. The Morgan fingerprint density at radius 2 is 1.91 bits per heavy atom. The summed E-state index contributed by atoms with van der Waals surface area (Å²) in [7, 11) is 0. The summed E-state index contributed by atoms with van der Waals surface area (Å²) in [4.78, 5) is 13.3. The van der Waals surface area contributed by atoms with Crippen molar-refractivity contribution < 1.29 is 4.79 Å². The van der Waals surface area contributed by atoms with Gasteiger partial charge in [0.2, 0.25) is 5.12 Å². The number of benzene rings is 1. The first-order valence-electron chi connectivity index (χ1n) is 3.29. The summed E-state index contributed by atoms with van der Waals surface area (Å²) in [6.07, 6.45) is 0. The topological polar surface area (TPSA) is 17.1 Å². The van der Waals surface area contributed by atoms with Crippen molar-refractivity contribution in [1.82, 2.24) is 0 Å². The molecule has 3 heteroatoms. The van der Waals surface area contributed by atoms with Crippen molar-refractivity contribution in [1.29, 1.82) is 0 Å². The molecule has 11 heavy (non-hydrogen) atoms. The number of carbonyl (C=O) groups is 1. The Morgan fingerprint density at radius 3 is 2.73 bits per heavy atom. The summed E-state index contributed by atoms with van der Waals surface area (Å²) >= 11 is 2.98. The zero-order valence-corrected chi connectivity index (χ0v) is 7.37. The lowest BCUT2D eigenvalue weighted by molar-refractivity contribution is -0.108. The zero-order valence-electron chi connectivity index (χ0n) is 5.74. The zero-order chi connectivity index (χ0) is 7.68. The third kappa shape index (κ3) is 1.44. The molecule has 0 N–H and O–H groups in total. The van der Waals surface area contributed by atoms with Crippen LogP contribution < -0.4 is 0 Å². The van der Waals surface area contributed by atoms with Crippen molar-refractivity contribution in [3.63, 3.8) is 0 Å². The van der Waals surface area contributed by atoms with Crippen molar-refractivity contribution in [2.75, 3.05) is 5.75 Å². The number of hydrogen-bond acceptors (Lipinski definition) is 3. The highest BCUT2D eigenvalue weighted by atomic mass is 32.2. The molecule has 2 rings (SSSR count). The fraction of sp³-hybridized carbons (Fsp3) is 0.125. The second kappa shape index (κ2) is 2.91. The lowest BCUT2D eigenvalue weighted by Crippen LogP contribution is -2.00. The minimum absolute atomic E-state index is 0.258. The number of rotatable bonds is 0. The quantitative estimate of drug-likeness (QED) is 0.613. The molecule has 1 heterocycles. The fourth-order valence-corrected chi connectivity index (χ4v) is 2.88. The van der Waals surface area contributed by atoms with Crippen molar-refractivity contribution in [2.45, 2.75) is 9.79 Å². The van der Waals surface area contributed by atoms with Crippen molar-refractivity contribution in [3.8, 4) is 0 Å². The molecule has 0 fully saturated rings. The molecule has 0 amide bonds. The van der Waals surface area contributed by atoms with Gasteiger partial charge >= 0.3 is 0 Å². The first kappa shape index (κ1) is 7.25. The average molecular weight is 182 g/mol. The van der Waals surface area contributed by atoms with Crippen LogP contribution in [0.25, 0.3) is 0 Å². The number of hydrogen-bond donors (Lipinski definition) is 0. The summed E-state index contributed by atoms with van der Waals surface area (Å²) in [5.41, 5.74) is 0.